The molecule has 31 heavy (non-hydrogen) atoms. The number of nitrogens with zero attached hydrogens (tertiary/aromatic N) is 4. The number of fused-ring (bicyclic) bond motifs is 1. The summed E-state index contributed by atoms with van der Waals surface area (Å²) in [5.41, 5.74) is 5.11. The van der Waals surface area contributed by atoms with Crippen molar-refractivity contribution in [2.75, 3.05) is 5.32 Å². The molecule has 0 saturated heterocycles. The van der Waals surface area contributed by atoms with Gasteiger partial charge >= 0.3 is 6.03 Å². The largest absolute Gasteiger partial charge is 0.334 e. The Morgan fingerprint density at radius 1 is 1.06 bits per heavy atom. The first-order chi connectivity index (χ1) is 15.0. The molecule has 2 heterocycles. The van der Waals surface area contributed by atoms with Crippen molar-refractivity contribution in [1.82, 2.24) is 24.9 Å². The molecular weight excluding hydrogens is 408 g/mol. The fourth-order valence-corrected chi connectivity index (χ4v) is 4.37. The fourth-order valence-electron chi connectivity index (χ4n) is 3.25. The topological polar surface area (TPSA) is 84.2 Å². The summed E-state index contributed by atoms with van der Waals surface area (Å²) in [6, 6.07) is 15.6. The minimum atomic E-state index is -0.233. The third-order valence-electron chi connectivity index (χ3n) is 4.94. The molecule has 4 aromatic rings. The highest BCUT2D eigenvalue weighted by molar-refractivity contribution is 7.99. The number of hydrogen-bond acceptors (Lipinski definition) is 5. The Hall–Kier alpha value is -3.39. The van der Waals surface area contributed by atoms with Crippen molar-refractivity contribution < 1.29 is 4.79 Å². The number of urea groups is 1. The molecule has 0 fully saturated rings. The second-order valence-electron chi connectivity index (χ2n) is 7.23. The highest BCUT2D eigenvalue weighted by Crippen LogP contribution is 2.32. The summed E-state index contributed by atoms with van der Waals surface area (Å²) in [6.45, 7) is 6.63. The van der Waals surface area contributed by atoms with Crippen molar-refractivity contribution in [3.8, 4) is 0 Å². The van der Waals surface area contributed by atoms with E-state index in [0.717, 1.165) is 38.9 Å². The summed E-state index contributed by atoms with van der Waals surface area (Å²) < 4.78 is 1.78. The number of amides is 2. The van der Waals surface area contributed by atoms with Crippen LogP contribution in [0.3, 0.4) is 0 Å². The van der Waals surface area contributed by atoms with E-state index in [9.17, 15) is 4.79 Å². The van der Waals surface area contributed by atoms with Crippen LogP contribution in [0.4, 0.5) is 10.5 Å². The van der Waals surface area contributed by atoms with E-state index in [4.69, 9.17) is 0 Å². The van der Waals surface area contributed by atoms with Gasteiger partial charge < -0.3 is 10.6 Å². The summed E-state index contributed by atoms with van der Waals surface area (Å²) >= 11 is 1.62. The molecule has 4 rings (SSSR count). The zero-order valence-corrected chi connectivity index (χ0v) is 18.5. The lowest BCUT2D eigenvalue weighted by Crippen LogP contribution is -2.28. The SMILES string of the molecule is CCc1c(C)nc2ncnn2c1Sc1ccc(NC(=O)NCc2ccc(C)cc2)cc1. The van der Waals surface area contributed by atoms with Crippen LogP contribution in [0.25, 0.3) is 5.78 Å². The summed E-state index contributed by atoms with van der Waals surface area (Å²) in [5, 5.41) is 11.1. The van der Waals surface area contributed by atoms with Crippen LogP contribution in [-0.2, 0) is 13.0 Å². The smallest absolute Gasteiger partial charge is 0.319 e. The molecule has 2 N–H and O–H groups in total. The molecule has 2 aromatic carbocycles. The predicted molar refractivity (Wildman–Crippen MR) is 122 cm³/mol. The zero-order chi connectivity index (χ0) is 21.8. The normalized spacial score (nSPS) is 10.9. The number of carbonyl (C=O) groups excluding carboxylic acids is 1. The lowest BCUT2D eigenvalue weighted by atomic mass is 10.1. The van der Waals surface area contributed by atoms with Crippen LogP contribution >= 0.6 is 11.8 Å². The standard InChI is InChI=1S/C23H24N6OS/c1-4-20-16(3)27-22-25-14-26-29(22)21(20)31-19-11-9-18(10-12-19)28-23(30)24-13-17-7-5-15(2)6-8-17/h5-12,14H,4,13H2,1-3H3,(H2,24,28,30). The van der Waals surface area contributed by atoms with Crippen LogP contribution in [0.5, 0.6) is 0 Å². The van der Waals surface area contributed by atoms with Crippen LogP contribution in [0.1, 0.15) is 29.3 Å². The number of aromatic nitrogens is 4. The van der Waals surface area contributed by atoms with Crippen LogP contribution in [0, 0.1) is 13.8 Å². The monoisotopic (exact) mass is 432 g/mol. The number of benzene rings is 2. The molecule has 0 bridgehead atoms. The predicted octanol–water partition coefficient (Wildman–Crippen LogP) is 4.78. The minimum Gasteiger partial charge on any atom is -0.334 e. The van der Waals surface area contributed by atoms with Gasteiger partial charge in [0.05, 0.1) is 0 Å². The van der Waals surface area contributed by atoms with Gasteiger partial charge in [-0.15, -0.1) is 0 Å². The number of rotatable bonds is 6. The van der Waals surface area contributed by atoms with E-state index in [-0.39, 0.29) is 6.03 Å². The van der Waals surface area contributed by atoms with Crippen LogP contribution < -0.4 is 10.6 Å². The van der Waals surface area contributed by atoms with Crippen molar-refractivity contribution >= 4 is 29.3 Å². The number of anilines is 1. The number of hydrogen-bond donors (Lipinski definition) is 2. The molecule has 7 nitrogen and oxygen atoms in total. The van der Waals surface area contributed by atoms with E-state index in [1.54, 1.807) is 16.3 Å². The first-order valence-electron chi connectivity index (χ1n) is 10.1. The van der Waals surface area contributed by atoms with Gasteiger partial charge in [-0.1, -0.05) is 48.5 Å². The van der Waals surface area contributed by atoms with Crippen molar-refractivity contribution in [3.63, 3.8) is 0 Å². The molecule has 0 atom stereocenters. The van der Waals surface area contributed by atoms with Gasteiger partial charge in [0.25, 0.3) is 5.78 Å². The van der Waals surface area contributed by atoms with Crippen LogP contribution in [0.15, 0.2) is 64.8 Å². The minimum absolute atomic E-state index is 0.233. The Balaban J connectivity index is 1.42. The molecule has 2 aromatic heterocycles. The highest BCUT2D eigenvalue weighted by atomic mass is 32.2. The molecule has 0 spiro atoms. The maximum Gasteiger partial charge on any atom is 0.319 e. The van der Waals surface area contributed by atoms with E-state index in [0.29, 0.717) is 12.3 Å². The molecule has 0 unspecified atom stereocenters. The molecule has 0 radical (unpaired) electrons. The third-order valence-corrected chi connectivity index (χ3v) is 6.06. The molecule has 0 aliphatic heterocycles. The molecule has 8 heteroatoms. The van der Waals surface area contributed by atoms with Crippen molar-refractivity contribution in [2.45, 2.75) is 43.7 Å². The fraction of sp³-hybridized carbons (Fsp3) is 0.217. The molecule has 0 aliphatic rings. The molecule has 158 valence electrons. The van der Waals surface area contributed by atoms with Crippen molar-refractivity contribution in [1.29, 1.82) is 0 Å². The van der Waals surface area contributed by atoms with Gasteiger partial charge in [0.15, 0.2) is 0 Å². The number of carbonyl (C=O) groups is 1. The first kappa shape index (κ1) is 20.9. The number of nitrogens with one attached hydrogen (secondary N) is 2. The van der Waals surface area contributed by atoms with Gasteiger partial charge in [0.2, 0.25) is 0 Å². The second-order valence-corrected chi connectivity index (χ2v) is 8.29. The Kier molecular flexibility index (Phi) is 6.18. The van der Waals surface area contributed by atoms with E-state index in [1.165, 1.54) is 11.9 Å². The molecule has 0 aliphatic carbocycles. The molecule has 2 amide bonds. The second kappa shape index (κ2) is 9.18. The van der Waals surface area contributed by atoms with E-state index >= 15 is 0 Å². The number of aryl methyl sites for hydroxylation is 2. The quantitative estimate of drug-likeness (QED) is 0.429. The average molecular weight is 433 g/mol. The Morgan fingerprint density at radius 3 is 2.52 bits per heavy atom. The van der Waals surface area contributed by atoms with Gasteiger partial charge in [-0.05, 0) is 50.1 Å². The third kappa shape index (κ3) is 4.86. The molecule has 0 saturated carbocycles. The van der Waals surface area contributed by atoms with E-state index in [2.05, 4.69) is 32.6 Å². The van der Waals surface area contributed by atoms with E-state index in [1.807, 2.05) is 62.4 Å². The summed E-state index contributed by atoms with van der Waals surface area (Å²) in [5.74, 6) is 0.598. The van der Waals surface area contributed by atoms with E-state index < -0.39 is 0 Å². The Bertz CT molecular complexity index is 1200. The Labute approximate surface area is 185 Å². The average Bonchev–Trinajstić information content (AvgIpc) is 3.23. The van der Waals surface area contributed by atoms with Crippen LogP contribution in [-0.4, -0.2) is 25.6 Å². The van der Waals surface area contributed by atoms with Gasteiger partial charge in [-0.2, -0.15) is 14.6 Å². The lowest BCUT2D eigenvalue weighted by Gasteiger charge is -2.12. The Morgan fingerprint density at radius 2 is 1.81 bits per heavy atom. The summed E-state index contributed by atoms with van der Waals surface area (Å²) in [4.78, 5) is 22.0. The maximum absolute atomic E-state index is 12.2. The zero-order valence-electron chi connectivity index (χ0n) is 17.7. The lowest BCUT2D eigenvalue weighted by molar-refractivity contribution is 0.251. The van der Waals surface area contributed by atoms with Gasteiger partial charge in [-0.3, -0.25) is 0 Å². The van der Waals surface area contributed by atoms with Crippen LogP contribution in [0.2, 0.25) is 0 Å². The maximum atomic E-state index is 12.2. The first-order valence-corrected chi connectivity index (χ1v) is 10.9. The van der Waals surface area contributed by atoms with Gasteiger partial charge in [0.1, 0.15) is 11.4 Å². The molecular formula is C23H24N6OS. The summed E-state index contributed by atoms with van der Waals surface area (Å²) in [6.07, 6.45) is 2.38. The van der Waals surface area contributed by atoms with Gasteiger partial charge in [0, 0.05) is 28.4 Å². The van der Waals surface area contributed by atoms with Crippen molar-refractivity contribution in [3.05, 3.63) is 77.2 Å². The van der Waals surface area contributed by atoms with Gasteiger partial charge in [-0.25, -0.2) is 9.78 Å². The summed E-state index contributed by atoms with van der Waals surface area (Å²) in [7, 11) is 0. The van der Waals surface area contributed by atoms with Crippen molar-refractivity contribution in [2.24, 2.45) is 0 Å². The highest BCUT2D eigenvalue weighted by Gasteiger charge is 2.14.